The van der Waals surface area contributed by atoms with Gasteiger partial charge in [-0.15, -0.1) is 12.3 Å². The second kappa shape index (κ2) is 5.55. The van der Waals surface area contributed by atoms with E-state index in [4.69, 9.17) is 12.3 Å². The van der Waals surface area contributed by atoms with Crippen molar-refractivity contribution in [2.24, 2.45) is 5.84 Å². The summed E-state index contributed by atoms with van der Waals surface area (Å²) in [5.74, 6) is 8.06. The molecular weight excluding hydrogens is 184 g/mol. The number of benzene rings is 1. The van der Waals surface area contributed by atoms with Gasteiger partial charge in [-0.25, -0.2) is 0 Å². The molecule has 0 aliphatic carbocycles. The Morgan fingerprint density at radius 2 is 1.93 bits per heavy atom. The number of terminal acetylenes is 1. The summed E-state index contributed by atoms with van der Waals surface area (Å²) in [5, 5.41) is 0. The van der Waals surface area contributed by atoms with Crippen LogP contribution in [0.15, 0.2) is 18.2 Å². The highest BCUT2D eigenvalue weighted by Gasteiger charge is 2.06. The first-order chi connectivity index (χ1) is 7.15. The molecule has 0 aliphatic heterocycles. The highest BCUT2D eigenvalue weighted by Crippen LogP contribution is 2.11. The number of nitrogens with two attached hydrogens (primary N) is 1. The Morgan fingerprint density at radius 3 is 2.40 bits per heavy atom. The van der Waals surface area contributed by atoms with Crippen LogP contribution in [0.3, 0.4) is 0 Å². The molecule has 2 nitrogen and oxygen atoms in total. The van der Waals surface area contributed by atoms with E-state index in [1.54, 1.807) is 0 Å². The van der Waals surface area contributed by atoms with Crippen LogP contribution >= 0.6 is 0 Å². The minimum atomic E-state index is 0.163. The first-order valence-corrected chi connectivity index (χ1v) is 5.12. The van der Waals surface area contributed by atoms with Gasteiger partial charge in [0.2, 0.25) is 0 Å². The molecule has 0 radical (unpaired) electrons. The number of nitrogens with one attached hydrogen (secondary N) is 1. The van der Waals surface area contributed by atoms with Crippen molar-refractivity contribution >= 4 is 0 Å². The van der Waals surface area contributed by atoms with Gasteiger partial charge in [-0.3, -0.25) is 11.3 Å². The molecule has 1 aromatic rings. The monoisotopic (exact) mass is 202 g/mol. The maximum atomic E-state index is 5.44. The van der Waals surface area contributed by atoms with Gasteiger partial charge in [-0.2, -0.15) is 0 Å². The van der Waals surface area contributed by atoms with E-state index < -0.39 is 0 Å². The zero-order valence-corrected chi connectivity index (χ0v) is 9.38. The Kier molecular flexibility index (Phi) is 4.36. The summed E-state index contributed by atoms with van der Waals surface area (Å²) in [4.78, 5) is 0. The van der Waals surface area contributed by atoms with Crippen molar-refractivity contribution in [1.82, 2.24) is 5.43 Å². The van der Waals surface area contributed by atoms with Gasteiger partial charge in [0, 0.05) is 12.5 Å². The maximum Gasteiger partial charge on any atom is 0.0360 e. The maximum absolute atomic E-state index is 5.44. The molecule has 80 valence electrons. The van der Waals surface area contributed by atoms with Crippen LogP contribution in [0.25, 0.3) is 0 Å². The molecule has 0 amide bonds. The number of hydrogen-bond donors (Lipinski definition) is 2. The molecule has 0 saturated heterocycles. The lowest BCUT2D eigenvalue weighted by Gasteiger charge is -2.13. The van der Waals surface area contributed by atoms with E-state index in [2.05, 4.69) is 43.4 Å². The van der Waals surface area contributed by atoms with Gasteiger partial charge in [0.1, 0.15) is 0 Å². The Labute approximate surface area is 91.8 Å². The zero-order chi connectivity index (χ0) is 11.3. The molecule has 1 unspecified atom stereocenters. The van der Waals surface area contributed by atoms with E-state index in [1.807, 2.05) is 0 Å². The number of hydrazine groups is 1. The summed E-state index contributed by atoms with van der Waals surface area (Å²) in [6.07, 6.45) is 6.81. The minimum absolute atomic E-state index is 0.163. The fraction of sp³-hybridized carbons (Fsp3) is 0.385. The third-order valence-electron chi connectivity index (χ3n) is 2.36. The van der Waals surface area contributed by atoms with Crippen LogP contribution in [-0.2, 0) is 6.42 Å². The van der Waals surface area contributed by atoms with Crippen LogP contribution in [0.1, 0.15) is 23.1 Å². The van der Waals surface area contributed by atoms with Crippen molar-refractivity contribution in [1.29, 1.82) is 0 Å². The average Bonchev–Trinajstić information content (AvgIpc) is 2.15. The van der Waals surface area contributed by atoms with Crippen LogP contribution in [0.2, 0.25) is 0 Å². The average molecular weight is 202 g/mol. The quantitative estimate of drug-likeness (QED) is 0.443. The Bertz CT molecular complexity index is 343. The summed E-state index contributed by atoms with van der Waals surface area (Å²) in [6, 6.07) is 6.67. The summed E-state index contributed by atoms with van der Waals surface area (Å²) >= 11 is 0. The van der Waals surface area contributed by atoms with Gasteiger partial charge in [0.15, 0.2) is 0 Å². The van der Waals surface area contributed by atoms with Crippen molar-refractivity contribution in [2.45, 2.75) is 32.7 Å². The van der Waals surface area contributed by atoms with E-state index >= 15 is 0 Å². The van der Waals surface area contributed by atoms with Crippen LogP contribution in [-0.4, -0.2) is 6.04 Å². The summed E-state index contributed by atoms with van der Waals surface area (Å²) in [6.45, 7) is 4.20. The van der Waals surface area contributed by atoms with Gasteiger partial charge < -0.3 is 0 Å². The predicted molar refractivity (Wildman–Crippen MR) is 64.2 cm³/mol. The number of aryl methyl sites for hydroxylation is 2. The molecule has 0 fully saturated rings. The topological polar surface area (TPSA) is 38.0 Å². The SMILES string of the molecule is C#CCC(Cc1cc(C)cc(C)c1)NN. The number of hydrogen-bond acceptors (Lipinski definition) is 2. The lowest BCUT2D eigenvalue weighted by atomic mass is 10.00. The first-order valence-electron chi connectivity index (χ1n) is 5.12. The molecule has 2 heteroatoms. The highest BCUT2D eigenvalue weighted by atomic mass is 15.2. The molecular formula is C13H18N2. The molecule has 3 N–H and O–H groups in total. The van der Waals surface area contributed by atoms with E-state index in [1.165, 1.54) is 16.7 Å². The third kappa shape index (κ3) is 3.75. The van der Waals surface area contributed by atoms with E-state index in [0.29, 0.717) is 6.42 Å². The van der Waals surface area contributed by atoms with Crippen molar-refractivity contribution in [3.05, 3.63) is 34.9 Å². The van der Waals surface area contributed by atoms with Crippen LogP contribution in [0.5, 0.6) is 0 Å². The first kappa shape index (κ1) is 11.8. The standard InChI is InChI=1S/C13H18N2/c1-4-5-13(15-14)9-12-7-10(2)6-11(3)8-12/h1,6-8,13,15H,5,9,14H2,2-3H3. The lowest BCUT2D eigenvalue weighted by molar-refractivity contribution is 0.536. The van der Waals surface area contributed by atoms with Crippen molar-refractivity contribution in [3.63, 3.8) is 0 Å². The fourth-order valence-corrected chi connectivity index (χ4v) is 1.80. The van der Waals surface area contributed by atoms with E-state index in [0.717, 1.165) is 6.42 Å². The molecule has 0 heterocycles. The third-order valence-corrected chi connectivity index (χ3v) is 2.36. The van der Waals surface area contributed by atoms with Gasteiger partial charge in [0.25, 0.3) is 0 Å². The lowest BCUT2D eigenvalue weighted by Crippen LogP contribution is -2.36. The van der Waals surface area contributed by atoms with Gasteiger partial charge >= 0.3 is 0 Å². The largest absolute Gasteiger partial charge is 0.271 e. The van der Waals surface area contributed by atoms with Gasteiger partial charge in [-0.1, -0.05) is 29.3 Å². The Balaban J connectivity index is 2.75. The summed E-state index contributed by atoms with van der Waals surface area (Å²) < 4.78 is 0. The second-order valence-corrected chi connectivity index (χ2v) is 3.97. The van der Waals surface area contributed by atoms with Gasteiger partial charge in [-0.05, 0) is 25.8 Å². The van der Waals surface area contributed by atoms with Crippen LogP contribution in [0.4, 0.5) is 0 Å². The Morgan fingerprint density at radius 1 is 1.33 bits per heavy atom. The molecule has 0 spiro atoms. The van der Waals surface area contributed by atoms with Crippen LogP contribution < -0.4 is 11.3 Å². The second-order valence-electron chi connectivity index (χ2n) is 3.97. The molecule has 0 bridgehead atoms. The van der Waals surface area contributed by atoms with Crippen molar-refractivity contribution in [3.8, 4) is 12.3 Å². The molecule has 15 heavy (non-hydrogen) atoms. The van der Waals surface area contributed by atoms with Crippen LogP contribution in [0, 0.1) is 26.2 Å². The van der Waals surface area contributed by atoms with E-state index in [9.17, 15) is 0 Å². The smallest absolute Gasteiger partial charge is 0.0360 e. The zero-order valence-electron chi connectivity index (χ0n) is 9.38. The number of rotatable bonds is 4. The molecule has 1 aromatic carbocycles. The van der Waals surface area contributed by atoms with E-state index in [-0.39, 0.29) is 6.04 Å². The Hall–Kier alpha value is -1.30. The highest BCUT2D eigenvalue weighted by molar-refractivity contribution is 5.29. The predicted octanol–water partition coefficient (Wildman–Crippen LogP) is 1.70. The summed E-state index contributed by atoms with van der Waals surface area (Å²) in [7, 11) is 0. The molecule has 0 aliphatic rings. The molecule has 0 saturated carbocycles. The normalized spacial score (nSPS) is 12.1. The van der Waals surface area contributed by atoms with Crippen molar-refractivity contribution < 1.29 is 0 Å². The van der Waals surface area contributed by atoms with Crippen molar-refractivity contribution in [2.75, 3.05) is 0 Å². The fourth-order valence-electron chi connectivity index (χ4n) is 1.80. The molecule has 0 aromatic heterocycles. The minimum Gasteiger partial charge on any atom is -0.271 e. The molecule has 1 atom stereocenters. The summed E-state index contributed by atoms with van der Waals surface area (Å²) in [5.41, 5.74) is 6.59. The van der Waals surface area contributed by atoms with Gasteiger partial charge in [0.05, 0.1) is 0 Å². The molecule has 1 rings (SSSR count).